The van der Waals surface area contributed by atoms with Gasteiger partial charge in [0.1, 0.15) is 7.11 Å². The van der Waals surface area contributed by atoms with Crippen molar-refractivity contribution in [3.63, 3.8) is 0 Å². The second-order valence-corrected chi connectivity index (χ2v) is 7.19. The Kier molecular flexibility index (Phi) is 6.52. The maximum absolute atomic E-state index is 14.3. The predicted molar refractivity (Wildman–Crippen MR) is 102 cm³/mol. The molecule has 26 heavy (non-hydrogen) atoms. The minimum Gasteiger partial charge on any atom is -0.478 e. The Morgan fingerprint density at radius 1 is 1.46 bits per heavy atom. The summed E-state index contributed by atoms with van der Waals surface area (Å²) >= 11 is 3.33. The van der Waals surface area contributed by atoms with Crippen LogP contribution in [0.4, 0.5) is 4.39 Å². The standard InChI is InChI=1S/C18H21BrFN3O3/c1-5-15(17(24)23-18(2,3)10-22-25-4)26-16-7-11-6-12(19)9-21-14(11)8-13(16)20/h6-10,15H,5H2,1-4H3,(H,23,24). The largest absolute Gasteiger partial charge is 0.478 e. The Morgan fingerprint density at radius 3 is 2.85 bits per heavy atom. The highest BCUT2D eigenvalue weighted by molar-refractivity contribution is 9.10. The van der Waals surface area contributed by atoms with Crippen molar-refractivity contribution < 1.29 is 18.8 Å². The number of pyridine rings is 1. The van der Waals surface area contributed by atoms with Crippen LogP contribution in [0.5, 0.6) is 5.75 Å². The fourth-order valence-electron chi connectivity index (χ4n) is 2.28. The van der Waals surface area contributed by atoms with E-state index in [0.717, 1.165) is 4.47 Å². The van der Waals surface area contributed by atoms with Gasteiger partial charge >= 0.3 is 0 Å². The summed E-state index contributed by atoms with van der Waals surface area (Å²) in [5.41, 5.74) is -0.229. The molecule has 6 nitrogen and oxygen atoms in total. The summed E-state index contributed by atoms with van der Waals surface area (Å²) in [4.78, 5) is 21.3. The van der Waals surface area contributed by atoms with Gasteiger partial charge in [0.05, 0.1) is 17.3 Å². The third kappa shape index (κ3) is 5.14. The lowest BCUT2D eigenvalue weighted by Gasteiger charge is -2.25. The number of oxime groups is 1. The van der Waals surface area contributed by atoms with Crippen LogP contribution in [-0.2, 0) is 9.63 Å². The zero-order valence-corrected chi connectivity index (χ0v) is 16.6. The van der Waals surface area contributed by atoms with Gasteiger partial charge in [-0.3, -0.25) is 9.78 Å². The number of rotatable bonds is 7. The molecule has 0 saturated carbocycles. The van der Waals surface area contributed by atoms with Crippen LogP contribution in [-0.4, -0.2) is 35.9 Å². The maximum atomic E-state index is 14.3. The molecule has 0 radical (unpaired) electrons. The molecule has 0 bridgehead atoms. The van der Waals surface area contributed by atoms with Crippen LogP contribution in [0.2, 0.25) is 0 Å². The number of nitrogens with zero attached hydrogens (tertiary/aromatic N) is 2. The zero-order valence-electron chi connectivity index (χ0n) is 15.0. The molecule has 2 rings (SSSR count). The maximum Gasteiger partial charge on any atom is 0.261 e. The summed E-state index contributed by atoms with van der Waals surface area (Å²) in [5, 5.41) is 7.17. The second kappa shape index (κ2) is 8.44. The first-order chi connectivity index (χ1) is 12.3. The summed E-state index contributed by atoms with van der Waals surface area (Å²) in [5.74, 6) is -0.937. The van der Waals surface area contributed by atoms with Crippen LogP contribution >= 0.6 is 15.9 Å². The van der Waals surface area contributed by atoms with Crippen molar-refractivity contribution in [3.05, 3.63) is 34.7 Å². The number of ether oxygens (including phenoxy) is 1. The Labute approximate surface area is 159 Å². The number of fused-ring (bicyclic) bond motifs is 1. The molecule has 1 amide bonds. The molecule has 1 unspecified atom stereocenters. The number of halogens is 2. The van der Waals surface area contributed by atoms with E-state index in [2.05, 4.69) is 36.2 Å². The van der Waals surface area contributed by atoms with Gasteiger partial charge in [-0.1, -0.05) is 12.1 Å². The van der Waals surface area contributed by atoms with Gasteiger partial charge in [0, 0.05) is 22.1 Å². The average Bonchev–Trinajstić information content (AvgIpc) is 2.58. The molecule has 1 heterocycles. The third-order valence-corrected chi connectivity index (χ3v) is 3.99. The molecule has 0 saturated heterocycles. The average molecular weight is 426 g/mol. The van der Waals surface area contributed by atoms with Crippen molar-refractivity contribution in [2.75, 3.05) is 7.11 Å². The number of carbonyl (C=O) groups excluding carboxylic acids is 1. The van der Waals surface area contributed by atoms with E-state index in [-0.39, 0.29) is 11.7 Å². The molecular weight excluding hydrogens is 405 g/mol. The van der Waals surface area contributed by atoms with Gasteiger partial charge in [-0.15, -0.1) is 0 Å². The van der Waals surface area contributed by atoms with Gasteiger partial charge in [-0.2, -0.15) is 0 Å². The van der Waals surface area contributed by atoms with Crippen LogP contribution in [0.25, 0.3) is 10.9 Å². The number of benzene rings is 1. The molecule has 0 aliphatic heterocycles. The number of carbonyl (C=O) groups is 1. The molecule has 0 fully saturated rings. The van der Waals surface area contributed by atoms with E-state index in [9.17, 15) is 9.18 Å². The molecule has 1 aromatic carbocycles. The van der Waals surface area contributed by atoms with Crippen molar-refractivity contribution in [2.45, 2.75) is 38.8 Å². The van der Waals surface area contributed by atoms with E-state index < -0.39 is 17.5 Å². The smallest absolute Gasteiger partial charge is 0.261 e. The summed E-state index contributed by atoms with van der Waals surface area (Å²) < 4.78 is 20.8. The summed E-state index contributed by atoms with van der Waals surface area (Å²) in [6.07, 6.45) is 2.58. The lowest BCUT2D eigenvalue weighted by molar-refractivity contribution is -0.129. The van der Waals surface area contributed by atoms with Gasteiger partial charge in [0.2, 0.25) is 0 Å². The van der Waals surface area contributed by atoms with Crippen LogP contribution in [0.15, 0.2) is 34.0 Å². The molecule has 1 N–H and O–H groups in total. The first kappa shape index (κ1) is 20.1. The van der Waals surface area contributed by atoms with Gasteiger partial charge in [-0.05, 0) is 48.3 Å². The van der Waals surface area contributed by atoms with Gasteiger partial charge < -0.3 is 14.9 Å². The minimum atomic E-state index is -0.850. The molecule has 0 aliphatic rings. The van der Waals surface area contributed by atoms with Crippen molar-refractivity contribution >= 4 is 39.0 Å². The fourth-order valence-corrected chi connectivity index (χ4v) is 2.63. The highest BCUT2D eigenvalue weighted by Gasteiger charge is 2.26. The molecule has 8 heteroatoms. The molecule has 2 aromatic rings. The molecule has 0 aliphatic carbocycles. The van der Waals surface area contributed by atoms with E-state index in [1.165, 1.54) is 25.5 Å². The van der Waals surface area contributed by atoms with E-state index in [1.807, 2.05) is 0 Å². The molecule has 1 aromatic heterocycles. The highest BCUT2D eigenvalue weighted by atomic mass is 79.9. The SMILES string of the molecule is CCC(Oc1cc2cc(Br)cnc2cc1F)C(=O)NC(C)(C)C=NOC. The third-order valence-electron chi connectivity index (χ3n) is 3.56. The van der Waals surface area contributed by atoms with E-state index in [4.69, 9.17) is 4.74 Å². The quantitative estimate of drug-likeness (QED) is 0.540. The van der Waals surface area contributed by atoms with Crippen molar-refractivity contribution in [1.29, 1.82) is 0 Å². The van der Waals surface area contributed by atoms with Crippen LogP contribution in [0.3, 0.4) is 0 Å². The van der Waals surface area contributed by atoms with Crippen molar-refractivity contribution in [1.82, 2.24) is 10.3 Å². The minimum absolute atomic E-state index is 0.00256. The van der Waals surface area contributed by atoms with Crippen LogP contribution in [0, 0.1) is 5.82 Å². The Bertz CT molecular complexity index is 827. The fraction of sp³-hybridized carbons (Fsp3) is 0.389. The van der Waals surface area contributed by atoms with Gasteiger partial charge in [-0.25, -0.2) is 4.39 Å². The normalized spacial score (nSPS) is 13.0. The predicted octanol–water partition coefficient (Wildman–Crippen LogP) is 3.82. The summed E-state index contributed by atoms with van der Waals surface area (Å²) in [6, 6.07) is 4.63. The Balaban J connectivity index is 2.21. The number of nitrogens with one attached hydrogen (secondary N) is 1. The second-order valence-electron chi connectivity index (χ2n) is 6.27. The van der Waals surface area contributed by atoms with Crippen molar-refractivity contribution in [2.24, 2.45) is 5.16 Å². The summed E-state index contributed by atoms with van der Waals surface area (Å²) in [6.45, 7) is 5.32. The highest BCUT2D eigenvalue weighted by Crippen LogP contribution is 2.27. The van der Waals surface area contributed by atoms with E-state index in [0.29, 0.717) is 17.3 Å². The number of hydrogen-bond acceptors (Lipinski definition) is 5. The van der Waals surface area contributed by atoms with Gasteiger partial charge in [0.15, 0.2) is 17.7 Å². The monoisotopic (exact) mass is 425 g/mol. The van der Waals surface area contributed by atoms with E-state index in [1.54, 1.807) is 33.0 Å². The zero-order chi connectivity index (χ0) is 19.3. The Hall–Kier alpha value is -2.22. The topological polar surface area (TPSA) is 72.8 Å². The first-order valence-corrected chi connectivity index (χ1v) is 8.86. The number of aromatic nitrogens is 1. The molecule has 1 atom stereocenters. The van der Waals surface area contributed by atoms with Crippen molar-refractivity contribution in [3.8, 4) is 5.75 Å². The molecule has 140 valence electrons. The number of hydrogen-bond donors (Lipinski definition) is 1. The number of amides is 1. The lowest BCUT2D eigenvalue weighted by atomic mass is 10.1. The van der Waals surface area contributed by atoms with E-state index >= 15 is 0 Å². The van der Waals surface area contributed by atoms with Crippen LogP contribution < -0.4 is 10.1 Å². The Morgan fingerprint density at radius 2 is 2.19 bits per heavy atom. The van der Waals surface area contributed by atoms with Gasteiger partial charge in [0.25, 0.3) is 5.91 Å². The first-order valence-electron chi connectivity index (χ1n) is 8.07. The molecular formula is C18H21BrFN3O3. The summed E-state index contributed by atoms with van der Waals surface area (Å²) in [7, 11) is 1.42. The molecule has 0 spiro atoms. The van der Waals surface area contributed by atoms with Crippen LogP contribution in [0.1, 0.15) is 27.2 Å². The lowest BCUT2D eigenvalue weighted by Crippen LogP contribution is -2.50.